The second-order valence-corrected chi connectivity index (χ2v) is 3.10. The van der Waals surface area contributed by atoms with Gasteiger partial charge in [-0.05, 0) is 0 Å². The van der Waals surface area contributed by atoms with Crippen LogP contribution in [0.1, 0.15) is 25.7 Å². The molecule has 1 fully saturated rings. The van der Waals surface area contributed by atoms with Crippen LogP contribution in [-0.2, 0) is 0 Å². The summed E-state index contributed by atoms with van der Waals surface area (Å²) in [6, 6.07) is 0. The number of halogens is 3. The van der Waals surface area contributed by atoms with Crippen LogP contribution >= 0.6 is 0 Å². The molecule has 0 spiro atoms. The zero-order valence-corrected chi connectivity index (χ0v) is 5.82. The molecule has 0 aromatic heterocycles. The van der Waals surface area contributed by atoms with Gasteiger partial charge >= 0.3 is 6.98 Å². The largest absolute Gasteiger partial charge is 0.478 e. The molecule has 1 saturated carbocycles. The Kier molecular flexibility index (Phi) is 2.26. The third kappa shape index (κ3) is 2.63. The lowest BCUT2D eigenvalue weighted by molar-refractivity contribution is 0.431. The van der Waals surface area contributed by atoms with Gasteiger partial charge in [0.15, 0.2) is 0 Å². The molecule has 1 aliphatic carbocycles. The topological polar surface area (TPSA) is 0 Å². The van der Waals surface area contributed by atoms with E-state index in [1.165, 1.54) is 0 Å². The second-order valence-electron chi connectivity index (χ2n) is 3.10. The maximum Gasteiger partial charge on any atom is 0.478 e. The molecule has 4 heteroatoms. The van der Waals surface area contributed by atoms with Crippen LogP contribution in [0.4, 0.5) is 12.9 Å². The fraction of sp³-hybridized carbons (Fsp3) is 1.00. The van der Waals surface area contributed by atoms with Crippen molar-refractivity contribution < 1.29 is 12.9 Å². The molecule has 0 amide bonds. The third-order valence-corrected chi connectivity index (χ3v) is 2.08. The maximum atomic E-state index is 11.8. The normalized spacial score (nSPS) is 21.9. The molecule has 0 saturated heterocycles. The summed E-state index contributed by atoms with van der Waals surface area (Å²) < 4.78 is 35.3. The summed E-state index contributed by atoms with van der Waals surface area (Å²) in [4.78, 5) is 0. The van der Waals surface area contributed by atoms with E-state index in [1.54, 1.807) is 0 Å². The predicted octanol–water partition coefficient (Wildman–Crippen LogP) is 3.02. The minimum Gasteiger partial charge on any atom is -0.449 e. The molecule has 0 aromatic carbocycles. The Morgan fingerprint density at radius 1 is 1.10 bits per heavy atom. The molecule has 0 nitrogen and oxygen atoms in total. The Morgan fingerprint density at radius 3 is 2.00 bits per heavy atom. The fourth-order valence-corrected chi connectivity index (χ4v) is 1.62. The number of hydrogen-bond acceptors (Lipinski definition) is 0. The van der Waals surface area contributed by atoms with Crippen molar-refractivity contribution in [3.05, 3.63) is 0 Å². The van der Waals surface area contributed by atoms with E-state index in [0.29, 0.717) is 0 Å². The zero-order chi connectivity index (χ0) is 7.61. The predicted molar refractivity (Wildman–Crippen MR) is 35.8 cm³/mol. The van der Waals surface area contributed by atoms with Gasteiger partial charge in [0.1, 0.15) is 0 Å². The van der Waals surface area contributed by atoms with Crippen LogP contribution in [-0.4, -0.2) is 6.98 Å². The molecule has 0 atom stereocenters. The number of rotatable bonds is 2. The van der Waals surface area contributed by atoms with E-state index < -0.39 is 13.3 Å². The first-order valence-corrected chi connectivity index (χ1v) is 3.79. The van der Waals surface area contributed by atoms with Gasteiger partial charge < -0.3 is 12.9 Å². The van der Waals surface area contributed by atoms with Crippen LogP contribution in [0.3, 0.4) is 0 Å². The van der Waals surface area contributed by atoms with E-state index in [-0.39, 0.29) is 5.92 Å². The van der Waals surface area contributed by atoms with Gasteiger partial charge in [0, 0.05) is 0 Å². The van der Waals surface area contributed by atoms with Gasteiger partial charge in [-0.3, -0.25) is 0 Å². The summed E-state index contributed by atoms with van der Waals surface area (Å²) in [5.41, 5.74) is 0. The van der Waals surface area contributed by atoms with Crippen molar-refractivity contribution in [2.45, 2.75) is 32.0 Å². The summed E-state index contributed by atoms with van der Waals surface area (Å²) in [6.07, 6.45) is 3.08. The van der Waals surface area contributed by atoms with Gasteiger partial charge in [-0.1, -0.05) is 37.9 Å². The molecule has 0 N–H and O–H groups in total. The van der Waals surface area contributed by atoms with Crippen LogP contribution in [0.25, 0.3) is 0 Å². The molecule has 1 rings (SSSR count). The molecule has 10 heavy (non-hydrogen) atoms. The lowest BCUT2D eigenvalue weighted by atomic mass is 9.77. The highest BCUT2D eigenvalue weighted by atomic mass is 19.4. The quantitative estimate of drug-likeness (QED) is 0.532. The van der Waals surface area contributed by atoms with Crippen molar-refractivity contribution in [2.75, 3.05) is 0 Å². The minimum absolute atomic E-state index is 0.0417. The molecule has 0 aromatic rings. The van der Waals surface area contributed by atoms with Gasteiger partial charge in [0.05, 0.1) is 0 Å². The van der Waals surface area contributed by atoms with Gasteiger partial charge in [0.25, 0.3) is 0 Å². The van der Waals surface area contributed by atoms with E-state index in [9.17, 15) is 12.9 Å². The van der Waals surface area contributed by atoms with Crippen LogP contribution < -0.4 is 0 Å². The second kappa shape index (κ2) is 2.85. The fourth-order valence-electron chi connectivity index (χ4n) is 1.62. The Bertz CT molecular complexity index is 104. The smallest absolute Gasteiger partial charge is 0.449 e. The van der Waals surface area contributed by atoms with Crippen molar-refractivity contribution in [3.8, 4) is 0 Å². The van der Waals surface area contributed by atoms with Crippen LogP contribution in [0.2, 0.25) is 6.32 Å². The van der Waals surface area contributed by atoms with Crippen molar-refractivity contribution in [2.24, 2.45) is 5.92 Å². The van der Waals surface area contributed by atoms with Crippen LogP contribution in [0, 0.1) is 5.92 Å². The summed E-state index contributed by atoms with van der Waals surface area (Å²) in [5, 5.41) is 0. The Balaban J connectivity index is 2.24. The van der Waals surface area contributed by atoms with Crippen LogP contribution in [0.15, 0.2) is 0 Å². The van der Waals surface area contributed by atoms with E-state index in [0.717, 1.165) is 25.7 Å². The van der Waals surface area contributed by atoms with Crippen molar-refractivity contribution in [3.63, 3.8) is 0 Å². The monoisotopic (exact) mass is 151 g/mol. The van der Waals surface area contributed by atoms with Gasteiger partial charge in [-0.15, -0.1) is 0 Å². The maximum absolute atomic E-state index is 11.8. The molecule has 60 valence electrons. The number of hydrogen-bond donors (Lipinski definition) is 0. The van der Waals surface area contributed by atoms with E-state index in [1.807, 2.05) is 0 Å². The van der Waals surface area contributed by atoms with Gasteiger partial charge in [-0.25, -0.2) is 0 Å². The Hall–Kier alpha value is -0.145. The molecule has 0 unspecified atom stereocenters. The SMILES string of the molecule is F[B-](F)(F)CC1CCCC1. The van der Waals surface area contributed by atoms with E-state index >= 15 is 0 Å². The molecule has 0 aliphatic heterocycles. The first-order valence-electron chi connectivity index (χ1n) is 3.79. The molecule has 0 heterocycles. The standard InChI is InChI=1S/C6H11BF3/c8-7(9,10)5-6-3-1-2-4-6/h6H,1-5H2/q-1. The highest BCUT2D eigenvalue weighted by molar-refractivity contribution is 6.58. The molecule has 0 radical (unpaired) electrons. The summed E-state index contributed by atoms with van der Waals surface area (Å²) in [6.45, 7) is -4.51. The van der Waals surface area contributed by atoms with E-state index in [4.69, 9.17) is 0 Å². The summed E-state index contributed by atoms with van der Waals surface area (Å²) in [5.74, 6) is -0.0417. The molecule has 0 bridgehead atoms. The average molecular weight is 151 g/mol. The van der Waals surface area contributed by atoms with Crippen molar-refractivity contribution in [1.82, 2.24) is 0 Å². The molecule has 1 aliphatic rings. The van der Waals surface area contributed by atoms with Crippen LogP contribution in [0.5, 0.6) is 0 Å². The third-order valence-electron chi connectivity index (χ3n) is 2.08. The van der Waals surface area contributed by atoms with Gasteiger partial charge in [-0.2, -0.15) is 0 Å². The molecular formula is C6H11BF3-. The Labute approximate surface area is 58.9 Å². The lowest BCUT2D eigenvalue weighted by Crippen LogP contribution is -2.18. The molecular weight excluding hydrogens is 140 g/mol. The minimum atomic E-state index is -4.51. The van der Waals surface area contributed by atoms with E-state index in [2.05, 4.69) is 0 Å². The average Bonchev–Trinajstić information content (AvgIpc) is 2.12. The highest BCUT2D eigenvalue weighted by Crippen LogP contribution is 2.33. The van der Waals surface area contributed by atoms with Gasteiger partial charge in [0.2, 0.25) is 0 Å². The summed E-state index contributed by atoms with van der Waals surface area (Å²) in [7, 11) is 0. The van der Waals surface area contributed by atoms with Crippen molar-refractivity contribution >= 4 is 6.98 Å². The van der Waals surface area contributed by atoms with Crippen molar-refractivity contribution in [1.29, 1.82) is 0 Å². The zero-order valence-electron chi connectivity index (χ0n) is 5.82. The summed E-state index contributed by atoms with van der Waals surface area (Å²) >= 11 is 0. The first-order chi connectivity index (χ1) is 4.58. The Morgan fingerprint density at radius 2 is 1.60 bits per heavy atom. The highest BCUT2D eigenvalue weighted by Gasteiger charge is 2.28. The first kappa shape index (κ1) is 7.96. The lowest BCUT2D eigenvalue weighted by Gasteiger charge is -2.17.